The molecule has 2 heterocycles. The molecule has 0 aliphatic carbocycles. The van der Waals surface area contributed by atoms with Gasteiger partial charge in [-0.25, -0.2) is 0 Å². The lowest BCUT2D eigenvalue weighted by atomic mass is 10.1. The van der Waals surface area contributed by atoms with Crippen molar-refractivity contribution in [2.75, 3.05) is 18.7 Å². The Balaban J connectivity index is 1.85. The van der Waals surface area contributed by atoms with Crippen LogP contribution in [-0.4, -0.2) is 28.6 Å². The second-order valence-electron chi connectivity index (χ2n) is 4.13. The van der Waals surface area contributed by atoms with Gasteiger partial charge in [-0.15, -0.1) is 0 Å². The third-order valence-corrected chi connectivity index (χ3v) is 3.57. The van der Waals surface area contributed by atoms with Gasteiger partial charge in [-0.2, -0.15) is 0 Å². The van der Waals surface area contributed by atoms with Crippen LogP contribution in [0.5, 0.6) is 11.5 Å². The van der Waals surface area contributed by atoms with E-state index in [2.05, 4.69) is 21.7 Å². The number of aromatic nitrogens is 3. The molecule has 0 amide bonds. The Labute approximate surface area is 108 Å². The van der Waals surface area contributed by atoms with Gasteiger partial charge in [-0.3, -0.25) is 0 Å². The fourth-order valence-electron chi connectivity index (χ4n) is 1.85. The van der Waals surface area contributed by atoms with Crippen LogP contribution in [0.4, 0.5) is 5.13 Å². The van der Waals surface area contributed by atoms with Gasteiger partial charge < -0.3 is 14.4 Å². The fraction of sp³-hybridized carbons (Fsp3) is 0.364. The molecule has 0 N–H and O–H groups in total. The number of hydrogen-bond acceptors (Lipinski definition) is 7. The van der Waals surface area contributed by atoms with Crippen molar-refractivity contribution in [3.05, 3.63) is 23.3 Å². The maximum absolute atomic E-state index is 5.39. The third-order valence-electron chi connectivity index (χ3n) is 2.85. The van der Waals surface area contributed by atoms with E-state index in [-0.39, 0.29) is 0 Å². The SMILES string of the molecule is Cc1cc2c(cc1CN(C)c1nnns1)OCO2. The smallest absolute Gasteiger partial charge is 0.231 e. The Morgan fingerprint density at radius 3 is 2.83 bits per heavy atom. The molecule has 0 spiro atoms. The zero-order valence-corrected chi connectivity index (χ0v) is 10.9. The van der Waals surface area contributed by atoms with Gasteiger partial charge in [-0.1, -0.05) is 9.59 Å². The predicted molar refractivity (Wildman–Crippen MR) is 67.1 cm³/mol. The first-order chi connectivity index (χ1) is 8.74. The summed E-state index contributed by atoms with van der Waals surface area (Å²) >= 11 is 1.28. The Morgan fingerprint density at radius 2 is 2.11 bits per heavy atom. The molecule has 0 bridgehead atoms. The summed E-state index contributed by atoms with van der Waals surface area (Å²) in [7, 11) is 1.96. The molecule has 0 radical (unpaired) electrons. The number of ether oxygens (including phenoxy) is 2. The molecule has 0 fully saturated rings. The van der Waals surface area contributed by atoms with E-state index >= 15 is 0 Å². The first-order valence-electron chi connectivity index (χ1n) is 5.49. The molecule has 1 aliphatic heterocycles. The second-order valence-corrected chi connectivity index (χ2v) is 4.84. The number of aryl methyl sites for hydroxylation is 1. The molecule has 18 heavy (non-hydrogen) atoms. The molecule has 3 rings (SSSR count). The van der Waals surface area contributed by atoms with Crippen molar-refractivity contribution in [1.82, 2.24) is 14.8 Å². The van der Waals surface area contributed by atoms with Gasteiger partial charge in [0.2, 0.25) is 11.9 Å². The van der Waals surface area contributed by atoms with Crippen LogP contribution in [0.1, 0.15) is 11.1 Å². The van der Waals surface area contributed by atoms with Gasteiger partial charge in [0.05, 0.1) is 0 Å². The van der Waals surface area contributed by atoms with E-state index in [1.807, 2.05) is 24.1 Å². The zero-order valence-electron chi connectivity index (χ0n) is 10.1. The normalized spacial score (nSPS) is 12.8. The van der Waals surface area contributed by atoms with Crippen LogP contribution in [0.15, 0.2) is 12.1 Å². The highest BCUT2D eigenvalue weighted by Gasteiger charge is 2.17. The quantitative estimate of drug-likeness (QED) is 0.839. The molecule has 1 aliphatic rings. The molecule has 2 aromatic rings. The van der Waals surface area contributed by atoms with Crippen molar-refractivity contribution in [3.63, 3.8) is 0 Å². The number of fused-ring (bicyclic) bond motifs is 1. The summed E-state index contributed by atoms with van der Waals surface area (Å²) in [6, 6.07) is 4.02. The molecular weight excluding hydrogens is 252 g/mol. The molecule has 0 atom stereocenters. The van der Waals surface area contributed by atoms with E-state index < -0.39 is 0 Å². The average Bonchev–Trinajstić information content (AvgIpc) is 2.98. The monoisotopic (exact) mass is 264 g/mol. The molecular formula is C11H12N4O2S. The summed E-state index contributed by atoms with van der Waals surface area (Å²) in [5, 5.41) is 8.34. The van der Waals surface area contributed by atoms with Crippen molar-refractivity contribution in [2.24, 2.45) is 0 Å². The van der Waals surface area contributed by atoms with E-state index in [0.29, 0.717) is 6.79 Å². The highest BCUT2D eigenvalue weighted by molar-refractivity contribution is 7.09. The van der Waals surface area contributed by atoms with Crippen molar-refractivity contribution in [3.8, 4) is 11.5 Å². The van der Waals surface area contributed by atoms with Crippen LogP contribution in [0, 0.1) is 6.92 Å². The van der Waals surface area contributed by atoms with Crippen LogP contribution in [0.25, 0.3) is 0 Å². The van der Waals surface area contributed by atoms with Crippen LogP contribution < -0.4 is 14.4 Å². The summed E-state index contributed by atoms with van der Waals surface area (Å²) in [6.45, 7) is 3.09. The third kappa shape index (κ3) is 1.97. The zero-order chi connectivity index (χ0) is 12.5. The summed E-state index contributed by atoms with van der Waals surface area (Å²) in [6.07, 6.45) is 0. The maximum atomic E-state index is 5.39. The second kappa shape index (κ2) is 4.41. The Bertz CT molecular complexity index is 558. The highest BCUT2D eigenvalue weighted by atomic mass is 32.1. The topological polar surface area (TPSA) is 60.4 Å². The Hall–Kier alpha value is -1.89. The highest BCUT2D eigenvalue weighted by Crippen LogP contribution is 2.35. The van der Waals surface area contributed by atoms with Gasteiger partial charge in [0, 0.05) is 25.1 Å². The molecule has 6 nitrogen and oxygen atoms in total. The molecule has 0 saturated heterocycles. The first-order valence-corrected chi connectivity index (χ1v) is 6.26. The van der Waals surface area contributed by atoms with Crippen molar-refractivity contribution in [1.29, 1.82) is 0 Å². The van der Waals surface area contributed by atoms with Gasteiger partial charge in [-0.05, 0) is 35.4 Å². The lowest BCUT2D eigenvalue weighted by Gasteiger charge is -2.16. The average molecular weight is 264 g/mol. The maximum Gasteiger partial charge on any atom is 0.231 e. The van der Waals surface area contributed by atoms with E-state index in [4.69, 9.17) is 9.47 Å². The van der Waals surface area contributed by atoms with Crippen molar-refractivity contribution < 1.29 is 9.47 Å². The number of benzene rings is 1. The van der Waals surface area contributed by atoms with Gasteiger partial charge in [0.25, 0.3) is 0 Å². The summed E-state index contributed by atoms with van der Waals surface area (Å²) in [5.74, 6) is 1.62. The molecule has 0 unspecified atom stereocenters. The van der Waals surface area contributed by atoms with Crippen molar-refractivity contribution >= 4 is 16.7 Å². The van der Waals surface area contributed by atoms with E-state index in [0.717, 1.165) is 23.2 Å². The van der Waals surface area contributed by atoms with E-state index in [9.17, 15) is 0 Å². The van der Waals surface area contributed by atoms with Gasteiger partial charge >= 0.3 is 0 Å². The summed E-state index contributed by atoms with van der Waals surface area (Å²) in [5.41, 5.74) is 2.35. The van der Waals surface area contributed by atoms with E-state index in [1.54, 1.807) is 0 Å². The van der Waals surface area contributed by atoms with Crippen LogP contribution in [0.2, 0.25) is 0 Å². The van der Waals surface area contributed by atoms with Crippen molar-refractivity contribution in [2.45, 2.75) is 13.5 Å². The first kappa shape index (κ1) is 11.2. The molecule has 1 aromatic heterocycles. The summed E-state index contributed by atoms with van der Waals surface area (Å²) in [4.78, 5) is 2.01. The number of rotatable bonds is 3. The standard InChI is InChI=1S/C11H12N4O2S/c1-7-3-9-10(17-6-16-9)4-8(7)5-15(2)11-12-13-14-18-11/h3-4H,5-6H2,1-2H3. The molecule has 7 heteroatoms. The molecule has 1 aromatic carbocycles. The largest absolute Gasteiger partial charge is 0.454 e. The minimum absolute atomic E-state index is 0.300. The van der Waals surface area contributed by atoms with Gasteiger partial charge in [0.15, 0.2) is 11.5 Å². The summed E-state index contributed by atoms with van der Waals surface area (Å²) < 4.78 is 14.5. The lowest BCUT2D eigenvalue weighted by Crippen LogP contribution is -2.16. The van der Waals surface area contributed by atoms with Crippen LogP contribution in [-0.2, 0) is 6.54 Å². The number of anilines is 1. The van der Waals surface area contributed by atoms with E-state index in [1.165, 1.54) is 22.7 Å². The Kier molecular flexibility index (Phi) is 2.75. The van der Waals surface area contributed by atoms with Crippen LogP contribution in [0.3, 0.4) is 0 Å². The molecule has 0 saturated carbocycles. The van der Waals surface area contributed by atoms with Crippen LogP contribution >= 0.6 is 11.5 Å². The lowest BCUT2D eigenvalue weighted by molar-refractivity contribution is 0.174. The predicted octanol–water partition coefficient (Wildman–Crippen LogP) is 1.61. The Morgan fingerprint density at radius 1 is 1.33 bits per heavy atom. The number of hydrogen-bond donors (Lipinski definition) is 0. The van der Waals surface area contributed by atoms with Gasteiger partial charge in [0.1, 0.15) is 0 Å². The minimum Gasteiger partial charge on any atom is -0.454 e. The molecule has 94 valence electrons. The number of nitrogens with zero attached hydrogens (tertiary/aromatic N) is 4. The fourth-order valence-corrected chi connectivity index (χ4v) is 2.28. The minimum atomic E-state index is 0.300.